The van der Waals surface area contributed by atoms with Crippen LogP contribution in [0, 0.1) is 13.8 Å². The van der Waals surface area contributed by atoms with Gasteiger partial charge in [0.2, 0.25) is 0 Å². The van der Waals surface area contributed by atoms with Crippen molar-refractivity contribution in [3.63, 3.8) is 0 Å². The van der Waals surface area contributed by atoms with E-state index in [2.05, 4.69) is 64.5 Å². The minimum atomic E-state index is 0.810. The Balaban J connectivity index is 1.81. The van der Waals surface area contributed by atoms with Crippen LogP contribution < -0.4 is 5.32 Å². The van der Waals surface area contributed by atoms with Crippen LogP contribution in [0.1, 0.15) is 29.6 Å². The van der Waals surface area contributed by atoms with E-state index in [9.17, 15) is 0 Å². The van der Waals surface area contributed by atoms with Crippen LogP contribution in [-0.2, 0) is 13.0 Å². The molecular weight excluding hydrogens is 318 g/mol. The highest BCUT2D eigenvalue weighted by Gasteiger charge is 2.06. The summed E-state index contributed by atoms with van der Waals surface area (Å²) in [6.45, 7) is 9.84. The number of nitrogens with zero attached hydrogens (tertiary/aromatic N) is 4. The molecule has 0 spiro atoms. The molecule has 2 aromatic heterocycles. The van der Waals surface area contributed by atoms with E-state index >= 15 is 0 Å². The fraction of sp³-hybridized carbons (Fsp3) is 0.556. The van der Waals surface area contributed by atoms with Crippen molar-refractivity contribution in [3.8, 4) is 0 Å². The third-order valence-corrected chi connectivity index (χ3v) is 4.80. The number of aromatic nitrogens is 2. The second kappa shape index (κ2) is 9.47. The predicted molar refractivity (Wildman–Crippen MR) is 103 cm³/mol. The monoisotopic (exact) mass is 347 g/mol. The fourth-order valence-corrected chi connectivity index (χ4v) is 3.31. The van der Waals surface area contributed by atoms with Gasteiger partial charge in [-0.05, 0) is 51.1 Å². The lowest BCUT2D eigenvalue weighted by atomic mass is 10.3. The molecule has 0 unspecified atom stereocenters. The average Bonchev–Trinajstić information content (AvgIpc) is 3.17. The van der Waals surface area contributed by atoms with E-state index < -0.39 is 0 Å². The van der Waals surface area contributed by atoms with E-state index in [4.69, 9.17) is 4.99 Å². The molecular formula is C18H29N5S. The molecule has 0 aliphatic carbocycles. The molecule has 2 heterocycles. The Morgan fingerprint density at radius 1 is 1.42 bits per heavy atom. The van der Waals surface area contributed by atoms with Gasteiger partial charge in [-0.1, -0.05) is 6.07 Å². The van der Waals surface area contributed by atoms with Crippen LogP contribution in [0.2, 0.25) is 0 Å². The third kappa shape index (κ3) is 5.67. The van der Waals surface area contributed by atoms with Crippen LogP contribution in [0.25, 0.3) is 0 Å². The van der Waals surface area contributed by atoms with Crippen molar-refractivity contribution in [2.24, 2.45) is 4.99 Å². The Kier molecular flexibility index (Phi) is 7.31. The highest BCUT2D eigenvalue weighted by Crippen LogP contribution is 2.09. The summed E-state index contributed by atoms with van der Waals surface area (Å²) in [6, 6.07) is 6.42. The quantitative estimate of drug-likeness (QED) is 0.453. The van der Waals surface area contributed by atoms with Crippen molar-refractivity contribution in [3.05, 3.63) is 39.8 Å². The summed E-state index contributed by atoms with van der Waals surface area (Å²) < 4.78 is 2.07. The van der Waals surface area contributed by atoms with Crippen LogP contribution in [0.4, 0.5) is 0 Å². The van der Waals surface area contributed by atoms with Crippen LogP contribution in [0.15, 0.2) is 28.6 Å². The molecule has 2 rings (SSSR count). The van der Waals surface area contributed by atoms with Gasteiger partial charge >= 0.3 is 0 Å². The zero-order valence-corrected chi connectivity index (χ0v) is 16.1. The molecule has 0 aliphatic rings. The first-order valence-electron chi connectivity index (χ1n) is 8.63. The van der Waals surface area contributed by atoms with Gasteiger partial charge in [-0.25, -0.2) is 0 Å². The lowest BCUT2D eigenvalue weighted by Crippen LogP contribution is -2.40. The van der Waals surface area contributed by atoms with Gasteiger partial charge in [0.05, 0.1) is 5.69 Å². The standard InChI is InChI=1S/C18H29N5S/c1-5-19-18(22(4)12-9-17-8-6-13-24-17)20-10-7-11-23-16(3)14-15(2)21-23/h6,8,13-14H,5,7,9-12H2,1-4H3,(H,19,20). The Bertz CT molecular complexity index is 630. The number of aryl methyl sites for hydroxylation is 3. The van der Waals surface area contributed by atoms with E-state index in [0.717, 1.165) is 50.7 Å². The molecule has 0 atom stereocenters. The maximum absolute atomic E-state index is 4.76. The van der Waals surface area contributed by atoms with Gasteiger partial charge in [-0.3, -0.25) is 9.67 Å². The number of hydrogen-bond acceptors (Lipinski definition) is 3. The highest BCUT2D eigenvalue weighted by atomic mass is 32.1. The minimum Gasteiger partial charge on any atom is -0.357 e. The summed E-state index contributed by atoms with van der Waals surface area (Å²) >= 11 is 1.82. The van der Waals surface area contributed by atoms with Gasteiger partial charge in [-0.15, -0.1) is 11.3 Å². The van der Waals surface area contributed by atoms with Gasteiger partial charge in [0, 0.05) is 43.8 Å². The summed E-state index contributed by atoms with van der Waals surface area (Å²) in [5.74, 6) is 0.988. The number of nitrogens with one attached hydrogen (secondary N) is 1. The number of rotatable bonds is 8. The smallest absolute Gasteiger partial charge is 0.193 e. The molecule has 0 bridgehead atoms. The molecule has 132 valence electrons. The molecule has 6 heteroatoms. The molecule has 2 aromatic rings. The van der Waals surface area contributed by atoms with E-state index in [1.165, 1.54) is 10.6 Å². The summed E-state index contributed by atoms with van der Waals surface area (Å²) in [4.78, 5) is 8.39. The molecule has 24 heavy (non-hydrogen) atoms. The van der Waals surface area contributed by atoms with Crippen LogP contribution in [-0.4, -0.2) is 47.3 Å². The summed E-state index contributed by atoms with van der Waals surface area (Å²) in [5, 5.41) is 10.0. The zero-order chi connectivity index (χ0) is 17.4. The summed E-state index contributed by atoms with van der Waals surface area (Å²) in [5.41, 5.74) is 2.30. The molecule has 0 fully saturated rings. The number of thiophene rings is 1. The highest BCUT2D eigenvalue weighted by molar-refractivity contribution is 7.09. The number of guanidine groups is 1. The first-order chi connectivity index (χ1) is 11.6. The van der Waals surface area contributed by atoms with Crippen molar-refractivity contribution in [1.29, 1.82) is 0 Å². The maximum atomic E-state index is 4.76. The molecule has 0 radical (unpaired) electrons. The molecule has 0 saturated carbocycles. The van der Waals surface area contributed by atoms with Gasteiger partial charge in [0.15, 0.2) is 5.96 Å². The normalized spacial score (nSPS) is 11.8. The Morgan fingerprint density at radius 3 is 2.88 bits per heavy atom. The molecule has 0 amide bonds. The van der Waals surface area contributed by atoms with Crippen molar-refractivity contribution in [1.82, 2.24) is 20.0 Å². The van der Waals surface area contributed by atoms with Gasteiger partial charge in [0.1, 0.15) is 0 Å². The molecule has 0 aliphatic heterocycles. The predicted octanol–water partition coefficient (Wildman–Crippen LogP) is 3.09. The fourth-order valence-electron chi connectivity index (χ4n) is 2.62. The van der Waals surface area contributed by atoms with Crippen LogP contribution in [0.3, 0.4) is 0 Å². The zero-order valence-electron chi connectivity index (χ0n) is 15.2. The number of likely N-dealkylation sites (N-methyl/N-ethyl adjacent to an activating group) is 1. The second-order valence-corrected chi connectivity index (χ2v) is 7.02. The van der Waals surface area contributed by atoms with Gasteiger partial charge < -0.3 is 10.2 Å². The Hall–Kier alpha value is -1.82. The third-order valence-electron chi connectivity index (χ3n) is 3.86. The van der Waals surface area contributed by atoms with E-state index in [1.807, 2.05) is 18.3 Å². The Morgan fingerprint density at radius 2 is 2.25 bits per heavy atom. The summed E-state index contributed by atoms with van der Waals surface area (Å²) in [7, 11) is 2.11. The average molecular weight is 348 g/mol. The lowest BCUT2D eigenvalue weighted by molar-refractivity contribution is 0.484. The van der Waals surface area contributed by atoms with Crippen molar-refractivity contribution in [2.75, 3.05) is 26.7 Å². The Labute approximate surface area is 149 Å². The SMILES string of the molecule is CCNC(=NCCCn1nc(C)cc1C)N(C)CCc1cccs1. The molecule has 1 N–H and O–H groups in total. The van der Waals surface area contributed by atoms with Crippen LogP contribution in [0.5, 0.6) is 0 Å². The van der Waals surface area contributed by atoms with E-state index in [0.29, 0.717) is 0 Å². The van der Waals surface area contributed by atoms with Gasteiger partial charge in [0.25, 0.3) is 0 Å². The first kappa shape index (κ1) is 18.5. The number of hydrogen-bond donors (Lipinski definition) is 1. The molecule has 0 aromatic carbocycles. The lowest BCUT2D eigenvalue weighted by Gasteiger charge is -2.21. The van der Waals surface area contributed by atoms with E-state index in [1.54, 1.807) is 0 Å². The largest absolute Gasteiger partial charge is 0.357 e. The molecule has 5 nitrogen and oxygen atoms in total. The van der Waals surface area contributed by atoms with Crippen molar-refractivity contribution < 1.29 is 0 Å². The first-order valence-corrected chi connectivity index (χ1v) is 9.51. The topological polar surface area (TPSA) is 45.5 Å². The minimum absolute atomic E-state index is 0.810. The maximum Gasteiger partial charge on any atom is 0.193 e. The van der Waals surface area contributed by atoms with Crippen molar-refractivity contribution >= 4 is 17.3 Å². The van der Waals surface area contributed by atoms with Crippen LogP contribution >= 0.6 is 11.3 Å². The number of aliphatic imine (C=N–C) groups is 1. The van der Waals surface area contributed by atoms with Crippen molar-refractivity contribution in [2.45, 2.75) is 40.2 Å². The summed E-state index contributed by atoms with van der Waals surface area (Å²) in [6.07, 6.45) is 2.06. The molecule has 0 saturated heterocycles. The van der Waals surface area contributed by atoms with Gasteiger partial charge in [-0.2, -0.15) is 5.10 Å². The second-order valence-electron chi connectivity index (χ2n) is 5.99. The van der Waals surface area contributed by atoms with E-state index in [-0.39, 0.29) is 0 Å².